The van der Waals surface area contributed by atoms with Crippen LogP contribution < -0.4 is 10.6 Å². The third-order valence-electron chi connectivity index (χ3n) is 3.97. The Hall–Kier alpha value is -1.18. The van der Waals surface area contributed by atoms with E-state index in [1.54, 1.807) is 6.20 Å². The van der Waals surface area contributed by atoms with E-state index in [9.17, 15) is 9.90 Å². The first kappa shape index (κ1) is 17.2. The predicted octanol–water partition coefficient (Wildman–Crippen LogP) is 1.92. The van der Waals surface area contributed by atoms with Crippen LogP contribution in [0.5, 0.6) is 0 Å². The van der Waals surface area contributed by atoms with E-state index in [1.807, 2.05) is 0 Å². The van der Waals surface area contributed by atoms with Crippen molar-refractivity contribution in [3.05, 3.63) is 11.1 Å². The Bertz CT molecular complexity index is 472. The number of likely N-dealkylation sites (tertiary alicyclic amines) is 1. The van der Waals surface area contributed by atoms with E-state index in [0.717, 1.165) is 30.3 Å². The average molecular weight is 326 g/mol. The number of piperidine rings is 1. The third kappa shape index (κ3) is 5.55. The van der Waals surface area contributed by atoms with Gasteiger partial charge in [-0.3, -0.25) is 5.32 Å². The van der Waals surface area contributed by atoms with Crippen molar-refractivity contribution in [2.75, 3.05) is 31.5 Å². The van der Waals surface area contributed by atoms with Crippen molar-refractivity contribution in [3.63, 3.8) is 0 Å². The summed E-state index contributed by atoms with van der Waals surface area (Å²) in [6.45, 7) is 7.25. The van der Waals surface area contributed by atoms with Crippen LogP contribution in [0.15, 0.2) is 6.20 Å². The van der Waals surface area contributed by atoms with Gasteiger partial charge in [0.05, 0.1) is 6.10 Å². The molecule has 1 aliphatic heterocycles. The minimum Gasteiger partial charge on any atom is -0.390 e. The van der Waals surface area contributed by atoms with Crippen LogP contribution in [0.25, 0.3) is 0 Å². The molecule has 1 unspecified atom stereocenters. The first-order valence-corrected chi connectivity index (χ1v) is 8.78. The summed E-state index contributed by atoms with van der Waals surface area (Å²) in [5, 5.41) is 16.0. The predicted molar refractivity (Wildman–Crippen MR) is 89.4 cm³/mol. The number of carbonyl (C=O) groups excluding carboxylic acids is 1. The van der Waals surface area contributed by atoms with Crippen molar-refractivity contribution in [2.45, 2.75) is 39.2 Å². The van der Waals surface area contributed by atoms with Gasteiger partial charge in [0.25, 0.3) is 0 Å². The zero-order chi connectivity index (χ0) is 15.9. The van der Waals surface area contributed by atoms with Gasteiger partial charge in [0, 0.05) is 24.2 Å². The van der Waals surface area contributed by atoms with Crippen LogP contribution in [0.1, 0.15) is 31.6 Å². The minimum absolute atomic E-state index is 0.254. The van der Waals surface area contributed by atoms with Gasteiger partial charge < -0.3 is 15.3 Å². The van der Waals surface area contributed by atoms with E-state index >= 15 is 0 Å². The van der Waals surface area contributed by atoms with E-state index in [4.69, 9.17) is 0 Å². The summed E-state index contributed by atoms with van der Waals surface area (Å²) in [5.74, 6) is 0.781. The maximum absolute atomic E-state index is 11.8. The SMILES string of the molecule is CCc1cnc(NC(=O)NCC(O)CN2CCC(C)CC2)s1. The second-order valence-corrected chi connectivity index (χ2v) is 7.07. The van der Waals surface area contributed by atoms with E-state index in [1.165, 1.54) is 24.2 Å². The van der Waals surface area contributed by atoms with Gasteiger partial charge in [-0.05, 0) is 38.3 Å². The number of urea groups is 1. The number of aromatic nitrogens is 1. The van der Waals surface area contributed by atoms with Crippen LogP contribution in [0.4, 0.5) is 9.93 Å². The number of amides is 2. The molecule has 1 aliphatic rings. The zero-order valence-corrected chi connectivity index (χ0v) is 14.2. The number of aryl methyl sites for hydroxylation is 1. The zero-order valence-electron chi connectivity index (χ0n) is 13.3. The number of anilines is 1. The lowest BCUT2D eigenvalue weighted by Crippen LogP contribution is -2.43. The quantitative estimate of drug-likeness (QED) is 0.746. The molecule has 0 saturated carbocycles. The van der Waals surface area contributed by atoms with E-state index in [0.29, 0.717) is 11.7 Å². The highest BCUT2D eigenvalue weighted by atomic mass is 32.1. The number of aliphatic hydroxyl groups excluding tert-OH is 1. The van der Waals surface area contributed by atoms with Gasteiger partial charge >= 0.3 is 6.03 Å². The lowest BCUT2D eigenvalue weighted by molar-refractivity contribution is 0.0924. The topological polar surface area (TPSA) is 77.5 Å². The van der Waals surface area contributed by atoms with Gasteiger partial charge in [0.1, 0.15) is 0 Å². The summed E-state index contributed by atoms with van der Waals surface area (Å²) in [5.41, 5.74) is 0. The first-order valence-electron chi connectivity index (χ1n) is 7.96. The molecule has 0 radical (unpaired) electrons. The minimum atomic E-state index is -0.540. The molecule has 1 atom stereocenters. The molecule has 6 nitrogen and oxygen atoms in total. The highest BCUT2D eigenvalue weighted by Gasteiger charge is 2.18. The fourth-order valence-corrected chi connectivity index (χ4v) is 3.24. The Kier molecular flexibility index (Phi) is 6.60. The molecule has 1 fully saturated rings. The normalized spacial score (nSPS) is 18.1. The van der Waals surface area contributed by atoms with Crippen LogP contribution >= 0.6 is 11.3 Å². The van der Waals surface area contributed by atoms with E-state index < -0.39 is 6.10 Å². The molecular formula is C15H26N4O2S. The molecule has 1 aromatic rings. The molecule has 0 bridgehead atoms. The van der Waals surface area contributed by atoms with Crippen molar-refractivity contribution >= 4 is 22.5 Å². The third-order valence-corrected chi connectivity index (χ3v) is 5.02. The summed E-state index contributed by atoms with van der Waals surface area (Å²) in [7, 11) is 0. The lowest BCUT2D eigenvalue weighted by atomic mass is 9.99. The number of aliphatic hydroxyl groups is 1. The number of nitrogens with one attached hydrogen (secondary N) is 2. The number of β-amino-alcohol motifs (C(OH)–C–C–N with tert-alkyl or cyclic N) is 1. The van der Waals surface area contributed by atoms with Crippen LogP contribution in [-0.2, 0) is 6.42 Å². The fraction of sp³-hybridized carbons (Fsp3) is 0.733. The first-order chi connectivity index (χ1) is 10.6. The van der Waals surface area contributed by atoms with Gasteiger partial charge in [-0.15, -0.1) is 11.3 Å². The molecule has 124 valence electrons. The summed E-state index contributed by atoms with van der Waals surface area (Å²) in [6.07, 6.45) is 4.51. The maximum atomic E-state index is 11.8. The second-order valence-electron chi connectivity index (χ2n) is 5.96. The molecule has 0 aliphatic carbocycles. The maximum Gasteiger partial charge on any atom is 0.321 e. The molecule has 1 saturated heterocycles. The van der Waals surface area contributed by atoms with Crippen molar-refractivity contribution in [1.82, 2.24) is 15.2 Å². The molecule has 2 rings (SSSR count). The Morgan fingerprint density at radius 2 is 2.27 bits per heavy atom. The molecule has 0 spiro atoms. The van der Waals surface area contributed by atoms with Gasteiger partial charge in [-0.25, -0.2) is 9.78 Å². The average Bonchev–Trinajstić information content (AvgIpc) is 2.95. The second kappa shape index (κ2) is 8.45. The van der Waals surface area contributed by atoms with E-state index in [2.05, 4.69) is 34.4 Å². The number of thiazole rings is 1. The van der Waals surface area contributed by atoms with Gasteiger partial charge in [0.15, 0.2) is 5.13 Å². The molecule has 2 heterocycles. The van der Waals surface area contributed by atoms with Crippen LogP contribution in [0.3, 0.4) is 0 Å². The van der Waals surface area contributed by atoms with Gasteiger partial charge in [0.2, 0.25) is 0 Å². The molecule has 2 amide bonds. The fourth-order valence-electron chi connectivity index (χ4n) is 2.49. The Labute approximate surface area is 135 Å². The number of nitrogens with zero attached hydrogens (tertiary/aromatic N) is 2. The standard InChI is InChI=1S/C15H26N4O2S/c1-3-13-9-17-15(22-13)18-14(21)16-8-12(20)10-19-6-4-11(2)5-7-19/h9,11-12,20H,3-8,10H2,1-2H3,(H2,16,17,18,21). The highest BCUT2D eigenvalue weighted by Crippen LogP contribution is 2.18. The van der Waals surface area contributed by atoms with Crippen molar-refractivity contribution < 1.29 is 9.90 Å². The summed E-state index contributed by atoms with van der Waals surface area (Å²) in [4.78, 5) is 19.3. The molecule has 0 aromatic carbocycles. The summed E-state index contributed by atoms with van der Waals surface area (Å²) in [6, 6.07) is -0.316. The van der Waals surface area contributed by atoms with Crippen molar-refractivity contribution in [1.29, 1.82) is 0 Å². The Morgan fingerprint density at radius 3 is 2.91 bits per heavy atom. The number of rotatable bonds is 6. The van der Waals surface area contributed by atoms with E-state index in [-0.39, 0.29) is 12.6 Å². The molecule has 1 aromatic heterocycles. The molecule has 22 heavy (non-hydrogen) atoms. The summed E-state index contributed by atoms with van der Waals surface area (Å²) >= 11 is 1.47. The van der Waals surface area contributed by atoms with Crippen LogP contribution in [-0.4, -0.2) is 53.3 Å². The molecule has 3 N–H and O–H groups in total. The number of hydrogen-bond acceptors (Lipinski definition) is 5. The highest BCUT2D eigenvalue weighted by molar-refractivity contribution is 7.15. The smallest absolute Gasteiger partial charge is 0.321 e. The molecule has 7 heteroatoms. The van der Waals surface area contributed by atoms with Crippen molar-refractivity contribution in [2.24, 2.45) is 5.92 Å². The van der Waals surface area contributed by atoms with Gasteiger partial charge in [-0.2, -0.15) is 0 Å². The van der Waals surface area contributed by atoms with Gasteiger partial charge in [-0.1, -0.05) is 13.8 Å². The van der Waals surface area contributed by atoms with Crippen LogP contribution in [0, 0.1) is 5.92 Å². The summed E-state index contributed by atoms with van der Waals surface area (Å²) < 4.78 is 0. The Morgan fingerprint density at radius 1 is 1.55 bits per heavy atom. The molecular weight excluding hydrogens is 300 g/mol. The number of carbonyl (C=O) groups is 1. The lowest BCUT2D eigenvalue weighted by Gasteiger charge is -2.31. The van der Waals surface area contributed by atoms with Crippen molar-refractivity contribution in [3.8, 4) is 0 Å². The largest absolute Gasteiger partial charge is 0.390 e. The van der Waals surface area contributed by atoms with Crippen LogP contribution in [0.2, 0.25) is 0 Å². The monoisotopic (exact) mass is 326 g/mol. The Balaban J connectivity index is 1.65. The number of hydrogen-bond donors (Lipinski definition) is 3.